The lowest BCUT2D eigenvalue weighted by Crippen LogP contribution is -2.31. The van der Waals surface area contributed by atoms with Crippen molar-refractivity contribution in [3.63, 3.8) is 0 Å². The van der Waals surface area contributed by atoms with E-state index in [1.807, 2.05) is 24.3 Å². The average Bonchev–Trinajstić information content (AvgIpc) is 2.71. The maximum absolute atomic E-state index is 13.6. The zero-order chi connectivity index (χ0) is 14.8. The van der Waals surface area contributed by atoms with E-state index in [9.17, 15) is 9.18 Å². The van der Waals surface area contributed by atoms with Crippen molar-refractivity contribution in [2.45, 2.75) is 19.3 Å². The smallest absolute Gasteiger partial charge is 0.258 e. The summed E-state index contributed by atoms with van der Waals surface area (Å²) < 4.78 is 13.6. The molecule has 1 heterocycles. The molecule has 3 nitrogen and oxygen atoms in total. The summed E-state index contributed by atoms with van der Waals surface area (Å²) in [6.45, 7) is 0.655. The molecule has 0 aliphatic carbocycles. The number of hydrogen-bond acceptors (Lipinski definition) is 2. The summed E-state index contributed by atoms with van der Waals surface area (Å²) in [6, 6.07) is 12.1. The normalized spacial score (nSPS) is 14.4. The molecule has 4 heteroatoms. The third kappa shape index (κ3) is 2.61. The molecule has 0 atom stereocenters. The summed E-state index contributed by atoms with van der Waals surface area (Å²) in [7, 11) is 0. The molecule has 108 valence electrons. The fraction of sp³-hybridized carbons (Fsp3) is 0.235. The van der Waals surface area contributed by atoms with Gasteiger partial charge in [-0.2, -0.15) is 0 Å². The Balaban J connectivity index is 1.99. The van der Waals surface area contributed by atoms with Crippen molar-refractivity contribution in [2.75, 3.05) is 17.2 Å². The molecule has 2 aromatic carbocycles. The van der Waals surface area contributed by atoms with E-state index < -0.39 is 5.82 Å². The lowest BCUT2D eigenvalue weighted by atomic mass is 10.1. The fourth-order valence-electron chi connectivity index (χ4n) is 2.72. The van der Waals surface area contributed by atoms with Gasteiger partial charge in [-0.3, -0.25) is 4.79 Å². The van der Waals surface area contributed by atoms with E-state index in [1.165, 1.54) is 17.7 Å². The summed E-state index contributed by atoms with van der Waals surface area (Å²) >= 11 is 0. The van der Waals surface area contributed by atoms with Crippen LogP contribution in [0, 0.1) is 5.82 Å². The topological polar surface area (TPSA) is 46.3 Å². The summed E-state index contributed by atoms with van der Waals surface area (Å²) in [6.07, 6.45) is 2.96. The van der Waals surface area contributed by atoms with Crippen LogP contribution in [0.3, 0.4) is 0 Å². The van der Waals surface area contributed by atoms with Gasteiger partial charge in [-0.15, -0.1) is 0 Å². The highest BCUT2D eigenvalue weighted by Gasteiger charge is 2.22. The van der Waals surface area contributed by atoms with Gasteiger partial charge in [0, 0.05) is 17.8 Å². The van der Waals surface area contributed by atoms with Crippen LogP contribution >= 0.6 is 0 Å². The van der Waals surface area contributed by atoms with Gasteiger partial charge in [-0.25, -0.2) is 4.39 Å². The molecule has 0 aromatic heterocycles. The Morgan fingerprint density at radius 3 is 2.76 bits per heavy atom. The summed E-state index contributed by atoms with van der Waals surface area (Å²) in [5.74, 6) is -0.729. The third-order valence-corrected chi connectivity index (χ3v) is 3.85. The molecule has 0 unspecified atom stereocenters. The summed E-state index contributed by atoms with van der Waals surface area (Å²) in [4.78, 5) is 14.4. The van der Waals surface area contributed by atoms with Crippen LogP contribution in [-0.2, 0) is 6.42 Å². The number of carbonyl (C=O) groups is 1. The standard InChI is InChI=1S/C17H17FN2O/c18-14-11-13(8-9-15(14)19)17(21)20-10-4-3-6-12-5-1-2-7-16(12)20/h1-2,5,7-9,11H,3-4,6,10,19H2. The lowest BCUT2D eigenvalue weighted by Gasteiger charge is -2.23. The number of hydrogen-bond donors (Lipinski definition) is 1. The average molecular weight is 284 g/mol. The van der Waals surface area contributed by atoms with E-state index in [4.69, 9.17) is 5.73 Å². The Kier molecular flexibility index (Phi) is 3.60. The Labute approximate surface area is 123 Å². The molecule has 1 amide bonds. The van der Waals surface area contributed by atoms with E-state index >= 15 is 0 Å². The zero-order valence-electron chi connectivity index (χ0n) is 11.7. The quantitative estimate of drug-likeness (QED) is 0.816. The van der Waals surface area contributed by atoms with Crippen LogP contribution in [0.15, 0.2) is 42.5 Å². The number of rotatable bonds is 1. The SMILES string of the molecule is Nc1ccc(C(=O)N2CCCCc3ccccc32)cc1F. The molecule has 21 heavy (non-hydrogen) atoms. The van der Waals surface area contributed by atoms with Gasteiger partial charge in [0.2, 0.25) is 0 Å². The molecule has 0 saturated carbocycles. The molecule has 2 N–H and O–H groups in total. The number of benzene rings is 2. The first-order chi connectivity index (χ1) is 10.2. The van der Waals surface area contributed by atoms with E-state index in [2.05, 4.69) is 0 Å². The Hall–Kier alpha value is -2.36. The van der Waals surface area contributed by atoms with Crippen LogP contribution in [0.25, 0.3) is 0 Å². The van der Waals surface area contributed by atoms with Gasteiger partial charge in [0.1, 0.15) is 5.82 Å². The van der Waals surface area contributed by atoms with Crippen LogP contribution in [-0.4, -0.2) is 12.5 Å². The van der Waals surface area contributed by atoms with Crippen molar-refractivity contribution in [1.29, 1.82) is 0 Å². The highest BCUT2D eigenvalue weighted by atomic mass is 19.1. The van der Waals surface area contributed by atoms with Gasteiger partial charge in [-0.1, -0.05) is 18.2 Å². The number of amides is 1. The van der Waals surface area contributed by atoms with Crippen LogP contribution in [0.4, 0.5) is 15.8 Å². The molecule has 0 bridgehead atoms. The molecule has 1 aliphatic rings. The third-order valence-electron chi connectivity index (χ3n) is 3.85. The molecule has 0 saturated heterocycles. The van der Waals surface area contributed by atoms with E-state index in [0.717, 1.165) is 24.9 Å². The van der Waals surface area contributed by atoms with E-state index in [1.54, 1.807) is 11.0 Å². The van der Waals surface area contributed by atoms with Gasteiger partial charge in [0.25, 0.3) is 5.91 Å². The molecule has 0 spiro atoms. The fourth-order valence-corrected chi connectivity index (χ4v) is 2.72. The number of nitrogens with zero attached hydrogens (tertiary/aromatic N) is 1. The van der Waals surface area contributed by atoms with Crippen LogP contribution in [0.2, 0.25) is 0 Å². The second-order valence-electron chi connectivity index (χ2n) is 5.28. The van der Waals surface area contributed by atoms with Gasteiger partial charge >= 0.3 is 0 Å². The monoisotopic (exact) mass is 284 g/mol. The van der Waals surface area contributed by atoms with Crippen molar-refractivity contribution in [3.8, 4) is 0 Å². The number of nitrogen functional groups attached to an aromatic ring is 1. The minimum atomic E-state index is -0.552. The molecular weight excluding hydrogens is 267 g/mol. The number of halogens is 1. The first-order valence-electron chi connectivity index (χ1n) is 7.11. The Morgan fingerprint density at radius 1 is 1.14 bits per heavy atom. The molecular formula is C17H17FN2O. The number of anilines is 2. The molecule has 2 aromatic rings. The minimum absolute atomic E-state index is 0.0582. The van der Waals surface area contributed by atoms with Crippen molar-refractivity contribution in [2.24, 2.45) is 0 Å². The number of carbonyl (C=O) groups excluding carboxylic acids is 1. The number of aryl methyl sites for hydroxylation is 1. The van der Waals surface area contributed by atoms with Crippen LogP contribution in [0.5, 0.6) is 0 Å². The summed E-state index contributed by atoms with van der Waals surface area (Å²) in [5.41, 5.74) is 7.95. The minimum Gasteiger partial charge on any atom is -0.396 e. The van der Waals surface area contributed by atoms with E-state index in [-0.39, 0.29) is 11.6 Å². The van der Waals surface area contributed by atoms with Crippen molar-refractivity contribution in [3.05, 3.63) is 59.4 Å². The zero-order valence-corrected chi connectivity index (χ0v) is 11.7. The predicted octanol–water partition coefficient (Wildman–Crippen LogP) is 3.39. The highest BCUT2D eigenvalue weighted by Crippen LogP contribution is 2.27. The molecule has 3 rings (SSSR count). The number of para-hydroxylation sites is 1. The Morgan fingerprint density at radius 2 is 1.95 bits per heavy atom. The lowest BCUT2D eigenvalue weighted by molar-refractivity contribution is 0.0986. The van der Waals surface area contributed by atoms with Crippen molar-refractivity contribution >= 4 is 17.3 Å². The van der Waals surface area contributed by atoms with Crippen LogP contribution < -0.4 is 10.6 Å². The number of nitrogens with two attached hydrogens (primary N) is 1. The van der Waals surface area contributed by atoms with Gasteiger partial charge in [-0.05, 0) is 49.1 Å². The van der Waals surface area contributed by atoms with Crippen molar-refractivity contribution < 1.29 is 9.18 Å². The maximum atomic E-state index is 13.6. The molecule has 1 aliphatic heterocycles. The number of fused-ring (bicyclic) bond motifs is 1. The highest BCUT2D eigenvalue weighted by molar-refractivity contribution is 6.06. The van der Waals surface area contributed by atoms with Crippen molar-refractivity contribution in [1.82, 2.24) is 0 Å². The maximum Gasteiger partial charge on any atom is 0.258 e. The second kappa shape index (κ2) is 5.56. The second-order valence-corrected chi connectivity index (χ2v) is 5.28. The van der Waals surface area contributed by atoms with E-state index in [0.29, 0.717) is 12.1 Å². The van der Waals surface area contributed by atoms with Crippen LogP contribution in [0.1, 0.15) is 28.8 Å². The first kappa shape index (κ1) is 13.6. The van der Waals surface area contributed by atoms with Gasteiger partial charge in [0.15, 0.2) is 0 Å². The first-order valence-corrected chi connectivity index (χ1v) is 7.11. The summed E-state index contributed by atoms with van der Waals surface area (Å²) in [5, 5.41) is 0. The van der Waals surface area contributed by atoms with Gasteiger partial charge in [0.05, 0.1) is 5.69 Å². The largest absolute Gasteiger partial charge is 0.396 e. The Bertz CT molecular complexity index is 684. The molecule has 0 radical (unpaired) electrons. The molecule has 0 fully saturated rings. The predicted molar refractivity (Wildman–Crippen MR) is 81.9 cm³/mol. The van der Waals surface area contributed by atoms with Gasteiger partial charge < -0.3 is 10.6 Å².